The number of hydrogen-bond acceptors (Lipinski definition) is 4. The lowest BCUT2D eigenvalue weighted by atomic mass is 10.0. The van der Waals surface area contributed by atoms with E-state index in [2.05, 4.69) is 5.32 Å². The van der Waals surface area contributed by atoms with Crippen molar-refractivity contribution in [3.63, 3.8) is 0 Å². The molecule has 0 saturated heterocycles. The first-order valence-electron chi connectivity index (χ1n) is 9.42. The van der Waals surface area contributed by atoms with Gasteiger partial charge in [-0.1, -0.05) is 38.1 Å². The Bertz CT molecular complexity index is 888. The fourth-order valence-electron chi connectivity index (χ4n) is 2.95. The molecule has 0 radical (unpaired) electrons. The summed E-state index contributed by atoms with van der Waals surface area (Å²) in [6.07, 6.45) is 3.14. The Balaban J connectivity index is 2.33. The molecule has 0 fully saturated rings. The highest BCUT2D eigenvalue weighted by molar-refractivity contribution is 6.10. The first-order chi connectivity index (χ1) is 13.6. The number of nitriles is 1. The monoisotopic (exact) mass is 378 g/mol. The largest absolute Gasteiger partial charge is 0.493 e. The lowest BCUT2D eigenvalue weighted by Gasteiger charge is -2.14. The second kappa shape index (κ2) is 10.2. The van der Waals surface area contributed by atoms with Crippen LogP contribution in [0.1, 0.15) is 37.5 Å². The summed E-state index contributed by atoms with van der Waals surface area (Å²) in [7, 11) is 1.55. The maximum absolute atomic E-state index is 12.8. The number of anilines is 1. The van der Waals surface area contributed by atoms with Crippen molar-refractivity contribution in [1.82, 2.24) is 0 Å². The number of carbonyl (C=O) groups is 1. The Morgan fingerprint density at radius 3 is 2.32 bits per heavy atom. The highest BCUT2D eigenvalue weighted by Gasteiger charge is 2.14. The molecule has 0 aliphatic rings. The number of amides is 1. The maximum atomic E-state index is 12.8. The van der Waals surface area contributed by atoms with Crippen LogP contribution in [-0.2, 0) is 17.6 Å². The van der Waals surface area contributed by atoms with E-state index in [0.717, 1.165) is 29.7 Å². The van der Waals surface area contributed by atoms with Crippen LogP contribution in [0.4, 0.5) is 5.69 Å². The van der Waals surface area contributed by atoms with Crippen LogP contribution in [0.15, 0.2) is 42.0 Å². The minimum atomic E-state index is -0.425. The van der Waals surface area contributed by atoms with E-state index in [4.69, 9.17) is 9.47 Å². The van der Waals surface area contributed by atoms with Crippen molar-refractivity contribution in [3.8, 4) is 17.6 Å². The zero-order valence-corrected chi connectivity index (χ0v) is 16.8. The van der Waals surface area contributed by atoms with E-state index >= 15 is 0 Å². The zero-order valence-electron chi connectivity index (χ0n) is 16.8. The van der Waals surface area contributed by atoms with Crippen LogP contribution in [-0.4, -0.2) is 19.6 Å². The second-order valence-electron chi connectivity index (χ2n) is 6.13. The van der Waals surface area contributed by atoms with Gasteiger partial charge in [0.1, 0.15) is 11.6 Å². The summed E-state index contributed by atoms with van der Waals surface area (Å²) in [4.78, 5) is 12.8. The van der Waals surface area contributed by atoms with Gasteiger partial charge in [-0.05, 0) is 54.7 Å². The van der Waals surface area contributed by atoms with Gasteiger partial charge in [0.15, 0.2) is 11.5 Å². The first kappa shape index (κ1) is 21.0. The molecular formula is C23H26N2O3. The number of hydrogen-bond donors (Lipinski definition) is 1. The van der Waals surface area contributed by atoms with Gasteiger partial charge in [0.05, 0.1) is 13.7 Å². The molecule has 0 aromatic heterocycles. The molecule has 0 atom stereocenters. The highest BCUT2D eigenvalue weighted by atomic mass is 16.5. The standard InChI is InChI=1S/C23H26N2O3/c1-5-17-9-8-10-18(6-2)22(17)25-23(26)19(15-24)13-16-11-12-20(28-7-3)21(14-16)27-4/h8-14H,5-7H2,1-4H3,(H,25,26)/b19-13+. The van der Waals surface area contributed by atoms with Crippen LogP contribution in [0, 0.1) is 11.3 Å². The van der Waals surface area contributed by atoms with Gasteiger partial charge in [-0.3, -0.25) is 4.79 Å². The smallest absolute Gasteiger partial charge is 0.266 e. The van der Waals surface area contributed by atoms with Crippen LogP contribution < -0.4 is 14.8 Å². The SMILES string of the molecule is CCOc1ccc(/C=C(\C#N)C(=O)Nc2c(CC)cccc2CC)cc1OC. The molecule has 0 spiro atoms. The molecule has 0 bridgehead atoms. The predicted molar refractivity (Wildman–Crippen MR) is 112 cm³/mol. The number of methoxy groups -OCH3 is 1. The van der Waals surface area contributed by atoms with Crippen molar-refractivity contribution in [2.45, 2.75) is 33.6 Å². The van der Waals surface area contributed by atoms with Gasteiger partial charge in [0, 0.05) is 5.69 Å². The third-order valence-corrected chi connectivity index (χ3v) is 4.40. The minimum Gasteiger partial charge on any atom is -0.493 e. The molecule has 0 unspecified atom stereocenters. The average Bonchev–Trinajstić information content (AvgIpc) is 2.72. The number of nitrogens with one attached hydrogen (secondary N) is 1. The Hall–Kier alpha value is -3.26. The zero-order chi connectivity index (χ0) is 20.5. The van der Waals surface area contributed by atoms with Crippen molar-refractivity contribution in [1.29, 1.82) is 5.26 Å². The molecule has 1 amide bonds. The average molecular weight is 378 g/mol. The summed E-state index contributed by atoms with van der Waals surface area (Å²) >= 11 is 0. The fourth-order valence-corrected chi connectivity index (χ4v) is 2.95. The third kappa shape index (κ3) is 4.92. The Labute approximate surface area is 166 Å². The van der Waals surface area contributed by atoms with Crippen LogP contribution in [0.3, 0.4) is 0 Å². The molecule has 2 aromatic rings. The molecule has 5 nitrogen and oxygen atoms in total. The Morgan fingerprint density at radius 1 is 1.11 bits per heavy atom. The number of ether oxygens (including phenoxy) is 2. The van der Waals surface area contributed by atoms with Gasteiger partial charge in [0.25, 0.3) is 5.91 Å². The Kier molecular flexibility index (Phi) is 7.65. The molecule has 2 aromatic carbocycles. The van der Waals surface area contributed by atoms with E-state index in [9.17, 15) is 10.1 Å². The summed E-state index contributed by atoms with van der Waals surface area (Å²) in [6.45, 7) is 6.49. The molecule has 0 aliphatic carbocycles. The van der Waals surface area contributed by atoms with E-state index < -0.39 is 5.91 Å². The number of aryl methyl sites for hydroxylation is 2. The molecule has 28 heavy (non-hydrogen) atoms. The van der Waals surface area contributed by atoms with Crippen LogP contribution in [0.5, 0.6) is 11.5 Å². The lowest BCUT2D eigenvalue weighted by Crippen LogP contribution is -2.16. The highest BCUT2D eigenvalue weighted by Crippen LogP contribution is 2.29. The van der Waals surface area contributed by atoms with E-state index in [0.29, 0.717) is 23.7 Å². The normalized spacial score (nSPS) is 10.9. The first-order valence-corrected chi connectivity index (χ1v) is 9.42. The summed E-state index contributed by atoms with van der Waals surface area (Å²) < 4.78 is 10.8. The van der Waals surface area contributed by atoms with Gasteiger partial charge < -0.3 is 14.8 Å². The van der Waals surface area contributed by atoms with Crippen molar-refractivity contribution in [3.05, 3.63) is 58.7 Å². The summed E-state index contributed by atoms with van der Waals surface area (Å²) in [5.74, 6) is 0.749. The molecule has 2 rings (SSSR count). The molecular weight excluding hydrogens is 352 g/mol. The topological polar surface area (TPSA) is 71.3 Å². The van der Waals surface area contributed by atoms with E-state index in [1.165, 1.54) is 0 Å². The molecule has 0 aliphatic heterocycles. The molecule has 1 N–H and O–H groups in total. The number of nitrogens with zero attached hydrogens (tertiary/aromatic N) is 1. The molecule has 5 heteroatoms. The molecule has 0 heterocycles. The van der Waals surface area contributed by atoms with E-state index in [-0.39, 0.29) is 5.57 Å². The van der Waals surface area contributed by atoms with Crippen LogP contribution in [0.25, 0.3) is 6.08 Å². The predicted octanol–water partition coefficient (Wildman–Crippen LogP) is 4.76. The Morgan fingerprint density at radius 2 is 1.79 bits per heavy atom. The fraction of sp³-hybridized carbons (Fsp3) is 0.304. The van der Waals surface area contributed by atoms with Crippen molar-refractivity contribution in [2.24, 2.45) is 0 Å². The van der Waals surface area contributed by atoms with E-state index in [1.54, 1.807) is 31.4 Å². The molecule has 146 valence electrons. The van der Waals surface area contributed by atoms with Gasteiger partial charge >= 0.3 is 0 Å². The molecule has 0 saturated carbocycles. The number of rotatable bonds is 8. The number of benzene rings is 2. The van der Waals surface area contributed by atoms with Crippen molar-refractivity contribution >= 4 is 17.7 Å². The van der Waals surface area contributed by atoms with Crippen molar-refractivity contribution in [2.75, 3.05) is 19.0 Å². The third-order valence-electron chi connectivity index (χ3n) is 4.40. The van der Waals surface area contributed by atoms with Crippen molar-refractivity contribution < 1.29 is 14.3 Å². The minimum absolute atomic E-state index is 0.0270. The van der Waals surface area contributed by atoms with Crippen LogP contribution in [0.2, 0.25) is 0 Å². The van der Waals surface area contributed by atoms with Crippen LogP contribution >= 0.6 is 0 Å². The number of carbonyl (C=O) groups excluding carboxylic acids is 1. The maximum Gasteiger partial charge on any atom is 0.266 e. The van der Waals surface area contributed by atoms with Gasteiger partial charge in [-0.25, -0.2) is 0 Å². The summed E-state index contributed by atoms with van der Waals surface area (Å²) in [5.41, 5.74) is 3.61. The second-order valence-corrected chi connectivity index (χ2v) is 6.13. The summed E-state index contributed by atoms with van der Waals surface area (Å²) in [5, 5.41) is 12.4. The van der Waals surface area contributed by atoms with Gasteiger partial charge in [-0.15, -0.1) is 0 Å². The van der Waals surface area contributed by atoms with E-state index in [1.807, 2.05) is 45.0 Å². The van der Waals surface area contributed by atoms with Gasteiger partial charge in [0.2, 0.25) is 0 Å². The lowest BCUT2D eigenvalue weighted by molar-refractivity contribution is -0.112. The van der Waals surface area contributed by atoms with Gasteiger partial charge in [-0.2, -0.15) is 5.26 Å². The number of para-hydroxylation sites is 1. The quantitative estimate of drug-likeness (QED) is 0.531. The summed E-state index contributed by atoms with van der Waals surface area (Å²) in [6, 6.07) is 13.3.